The Labute approximate surface area is 167 Å². The number of aromatic nitrogens is 1. The summed E-state index contributed by atoms with van der Waals surface area (Å²) in [6.45, 7) is 0.361. The molecular weight excluding hydrogens is 374 g/mol. The van der Waals surface area contributed by atoms with Crippen molar-refractivity contribution in [3.05, 3.63) is 59.3 Å². The van der Waals surface area contributed by atoms with Gasteiger partial charge < -0.3 is 15.1 Å². The number of rotatable bonds is 6. The zero-order chi connectivity index (χ0) is 19.3. The minimum absolute atomic E-state index is 0.0895. The van der Waals surface area contributed by atoms with Crippen molar-refractivity contribution in [3.8, 4) is 10.8 Å². The maximum atomic E-state index is 12.4. The van der Waals surface area contributed by atoms with E-state index in [4.69, 9.17) is 4.42 Å². The van der Waals surface area contributed by atoms with E-state index in [0.29, 0.717) is 23.0 Å². The van der Waals surface area contributed by atoms with Crippen molar-refractivity contribution in [2.24, 2.45) is 5.92 Å². The zero-order valence-corrected chi connectivity index (χ0v) is 16.1. The van der Waals surface area contributed by atoms with Crippen molar-refractivity contribution in [1.29, 1.82) is 0 Å². The molecule has 4 rings (SSSR count). The molecule has 2 heterocycles. The molecule has 0 saturated heterocycles. The molecule has 144 valence electrons. The molecule has 7 heteroatoms. The molecule has 0 unspecified atom stereocenters. The number of anilines is 1. The first-order valence-corrected chi connectivity index (χ1v) is 10.2. The van der Waals surface area contributed by atoms with Crippen molar-refractivity contribution in [1.82, 2.24) is 10.3 Å². The van der Waals surface area contributed by atoms with Gasteiger partial charge in [-0.25, -0.2) is 4.98 Å². The molecule has 0 spiro atoms. The largest absolute Gasteiger partial charge is 0.462 e. The van der Waals surface area contributed by atoms with Gasteiger partial charge in [0.15, 0.2) is 10.8 Å². The Balaban J connectivity index is 1.34. The van der Waals surface area contributed by atoms with Crippen LogP contribution >= 0.6 is 11.3 Å². The van der Waals surface area contributed by atoms with Crippen LogP contribution in [0.2, 0.25) is 0 Å². The van der Waals surface area contributed by atoms with Gasteiger partial charge in [0.25, 0.3) is 5.91 Å². The average molecular weight is 395 g/mol. The Morgan fingerprint density at radius 2 is 2.04 bits per heavy atom. The van der Waals surface area contributed by atoms with Crippen molar-refractivity contribution < 1.29 is 14.0 Å². The van der Waals surface area contributed by atoms with Crippen molar-refractivity contribution >= 4 is 28.8 Å². The number of carbonyl (C=O) groups excluding carboxylic acids is 2. The molecule has 6 nitrogen and oxygen atoms in total. The van der Waals surface area contributed by atoms with Crippen molar-refractivity contribution in [2.45, 2.75) is 32.2 Å². The molecule has 1 aliphatic carbocycles. The number of thiazole rings is 1. The predicted molar refractivity (Wildman–Crippen MR) is 108 cm³/mol. The summed E-state index contributed by atoms with van der Waals surface area (Å²) in [6.07, 6.45) is 5.77. The van der Waals surface area contributed by atoms with Gasteiger partial charge in [-0.3, -0.25) is 9.59 Å². The molecular formula is C21H21N3O3S. The number of hydrogen-bond acceptors (Lipinski definition) is 5. The Morgan fingerprint density at radius 3 is 2.82 bits per heavy atom. The van der Waals surface area contributed by atoms with Gasteiger partial charge in [0.2, 0.25) is 5.91 Å². The Bertz CT molecular complexity index is 959. The summed E-state index contributed by atoms with van der Waals surface area (Å²) in [6, 6.07) is 11.2. The van der Waals surface area contributed by atoms with Gasteiger partial charge in [0, 0.05) is 23.5 Å². The number of amides is 2. The van der Waals surface area contributed by atoms with E-state index in [-0.39, 0.29) is 17.7 Å². The van der Waals surface area contributed by atoms with Crippen molar-refractivity contribution in [3.63, 3.8) is 0 Å². The van der Waals surface area contributed by atoms with Crippen LogP contribution in [0.1, 0.15) is 41.7 Å². The molecule has 0 radical (unpaired) electrons. The zero-order valence-electron chi connectivity index (χ0n) is 15.3. The topological polar surface area (TPSA) is 84.2 Å². The molecule has 0 atom stereocenters. The summed E-state index contributed by atoms with van der Waals surface area (Å²) in [7, 11) is 0. The van der Waals surface area contributed by atoms with Gasteiger partial charge in [-0.1, -0.05) is 25.0 Å². The van der Waals surface area contributed by atoms with E-state index in [1.54, 1.807) is 17.7 Å². The van der Waals surface area contributed by atoms with Gasteiger partial charge in [0.05, 0.1) is 6.26 Å². The smallest absolute Gasteiger partial charge is 0.271 e. The monoisotopic (exact) mass is 395 g/mol. The fourth-order valence-electron chi connectivity index (χ4n) is 3.36. The van der Waals surface area contributed by atoms with E-state index >= 15 is 0 Å². The highest BCUT2D eigenvalue weighted by atomic mass is 32.1. The second kappa shape index (κ2) is 8.39. The van der Waals surface area contributed by atoms with Crippen LogP contribution in [0.5, 0.6) is 0 Å². The third-order valence-electron chi connectivity index (χ3n) is 4.84. The average Bonchev–Trinajstić information content (AvgIpc) is 3.48. The highest BCUT2D eigenvalue weighted by Gasteiger charge is 2.22. The van der Waals surface area contributed by atoms with Gasteiger partial charge in [0.1, 0.15) is 5.69 Å². The van der Waals surface area contributed by atoms with E-state index in [9.17, 15) is 9.59 Å². The highest BCUT2D eigenvalue weighted by molar-refractivity contribution is 7.13. The maximum absolute atomic E-state index is 12.4. The summed E-state index contributed by atoms with van der Waals surface area (Å²) in [5.41, 5.74) is 2.04. The number of nitrogens with zero attached hydrogens (tertiary/aromatic N) is 1. The summed E-state index contributed by atoms with van der Waals surface area (Å²) in [5.74, 6) is 0.618. The molecule has 1 aliphatic rings. The van der Waals surface area contributed by atoms with Crippen LogP contribution in [0.3, 0.4) is 0 Å². The molecule has 3 aromatic rings. The van der Waals surface area contributed by atoms with Gasteiger partial charge in [-0.2, -0.15) is 0 Å². The lowest BCUT2D eigenvalue weighted by Crippen LogP contribution is -2.23. The summed E-state index contributed by atoms with van der Waals surface area (Å²) >= 11 is 1.37. The van der Waals surface area contributed by atoms with Crippen LogP contribution in [-0.4, -0.2) is 16.8 Å². The summed E-state index contributed by atoms with van der Waals surface area (Å²) in [4.78, 5) is 29.0. The van der Waals surface area contributed by atoms with Gasteiger partial charge in [-0.15, -0.1) is 11.3 Å². The van der Waals surface area contributed by atoms with Crippen LogP contribution in [0, 0.1) is 5.92 Å². The summed E-state index contributed by atoms with van der Waals surface area (Å²) < 4.78 is 5.31. The first-order valence-electron chi connectivity index (χ1n) is 9.36. The molecule has 2 aromatic heterocycles. The third kappa shape index (κ3) is 4.31. The molecule has 28 heavy (non-hydrogen) atoms. The fourth-order valence-corrected chi connectivity index (χ4v) is 4.12. The van der Waals surface area contributed by atoms with Crippen molar-refractivity contribution in [2.75, 3.05) is 5.32 Å². The standard InChI is InChI=1S/C21H21N3O3S/c25-19(15-6-1-2-7-15)23-16-8-3-5-14(11-16)12-22-20(26)17-13-28-21(24-17)18-9-4-10-27-18/h3-5,8-11,13,15H,1-2,6-7,12H2,(H,22,26)(H,23,25). The van der Waals surface area contributed by atoms with Crippen LogP contribution in [0.25, 0.3) is 10.8 Å². The molecule has 0 aliphatic heterocycles. The quantitative estimate of drug-likeness (QED) is 0.645. The van der Waals surface area contributed by atoms with Crippen LogP contribution in [0.4, 0.5) is 5.69 Å². The lowest BCUT2D eigenvalue weighted by atomic mass is 10.1. The minimum atomic E-state index is -0.241. The predicted octanol–water partition coefficient (Wildman–Crippen LogP) is 4.46. The van der Waals surface area contributed by atoms with E-state index in [2.05, 4.69) is 15.6 Å². The third-order valence-corrected chi connectivity index (χ3v) is 5.70. The van der Waals surface area contributed by atoms with Gasteiger partial charge in [-0.05, 0) is 42.7 Å². The molecule has 1 fully saturated rings. The Morgan fingerprint density at radius 1 is 1.18 bits per heavy atom. The van der Waals surface area contributed by atoms with Crippen LogP contribution in [-0.2, 0) is 11.3 Å². The lowest BCUT2D eigenvalue weighted by Gasteiger charge is -2.11. The SMILES string of the molecule is O=C(NCc1cccc(NC(=O)C2CCCC2)c1)c1csc(-c2ccco2)n1. The fraction of sp³-hybridized carbons (Fsp3) is 0.286. The van der Waals surface area contributed by atoms with Gasteiger partial charge >= 0.3 is 0 Å². The lowest BCUT2D eigenvalue weighted by molar-refractivity contribution is -0.119. The van der Waals surface area contributed by atoms with E-state index in [0.717, 1.165) is 36.9 Å². The van der Waals surface area contributed by atoms with Crippen LogP contribution in [0.15, 0.2) is 52.5 Å². The van der Waals surface area contributed by atoms with E-state index in [1.165, 1.54) is 11.3 Å². The minimum Gasteiger partial charge on any atom is -0.462 e. The van der Waals surface area contributed by atoms with E-state index < -0.39 is 0 Å². The second-order valence-electron chi connectivity index (χ2n) is 6.87. The van der Waals surface area contributed by atoms with Crippen LogP contribution < -0.4 is 10.6 Å². The first-order chi connectivity index (χ1) is 13.7. The second-order valence-corrected chi connectivity index (χ2v) is 7.73. The molecule has 1 saturated carbocycles. The number of hydrogen-bond donors (Lipinski definition) is 2. The first kappa shape index (κ1) is 18.4. The highest BCUT2D eigenvalue weighted by Crippen LogP contribution is 2.26. The number of nitrogens with one attached hydrogen (secondary N) is 2. The summed E-state index contributed by atoms with van der Waals surface area (Å²) in [5, 5.41) is 8.25. The van der Waals surface area contributed by atoms with E-state index in [1.807, 2.05) is 30.3 Å². The number of furan rings is 1. The normalized spacial score (nSPS) is 14.1. The number of benzene rings is 1. The molecule has 1 aromatic carbocycles. The maximum Gasteiger partial charge on any atom is 0.271 e. The Kier molecular flexibility index (Phi) is 5.53. The molecule has 0 bridgehead atoms. The Hall–Kier alpha value is -2.93. The molecule has 2 N–H and O–H groups in total. The number of carbonyl (C=O) groups is 2. The molecule has 2 amide bonds.